The summed E-state index contributed by atoms with van der Waals surface area (Å²) in [6, 6.07) is 20.9. The Balaban J connectivity index is 1.53. The van der Waals surface area contributed by atoms with E-state index in [0.717, 1.165) is 53.7 Å². The van der Waals surface area contributed by atoms with Gasteiger partial charge in [0.15, 0.2) is 0 Å². The summed E-state index contributed by atoms with van der Waals surface area (Å²) in [6.07, 6.45) is 4.81. The van der Waals surface area contributed by atoms with Crippen LogP contribution in [0.1, 0.15) is 88.2 Å². The first-order valence-electron chi connectivity index (χ1n) is 14.5. The summed E-state index contributed by atoms with van der Waals surface area (Å²) in [7, 11) is 0. The summed E-state index contributed by atoms with van der Waals surface area (Å²) in [5, 5.41) is 9.99. The van der Waals surface area contributed by atoms with E-state index in [-0.39, 0.29) is 22.9 Å². The number of hydrogen-bond acceptors (Lipinski definition) is 4. The Kier molecular flexibility index (Phi) is 7.61. The summed E-state index contributed by atoms with van der Waals surface area (Å²) < 4.78 is 11.6. The van der Waals surface area contributed by atoms with Gasteiger partial charge >= 0.3 is 5.97 Å². The fourth-order valence-corrected chi connectivity index (χ4v) is 6.24. The van der Waals surface area contributed by atoms with Gasteiger partial charge in [0.2, 0.25) is 0 Å². The average Bonchev–Trinajstić information content (AvgIpc) is 3.35. The number of hydrogen-bond donors (Lipinski definition) is 1. The second kappa shape index (κ2) is 10.8. The van der Waals surface area contributed by atoms with Gasteiger partial charge in [-0.3, -0.25) is 0 Å². The fourth-order valence-electron chi connectivity index (χ4n) is 6.24. The van der Waals surface area contributed by atoms with Gasteiger partial charge in [0, 0.05) is 5.56 Å². The number of rotatable bonds is 7. The normalized spacial score (nSPS) is 21.3. The van der Waals surface area contributed by atoms with Crippen LogP contribution in [0, 0.1) is 5.92 Å². The molecule has 0 bridgehead atoms. The summed E-state index contributed by atoms with van der Waals surface area (Å²) in [5.41, 5.74) is 8.03. The standard InChI is InChI=1S/C35H42O4/c1-6-38-33(37)25-10-8-24(9-11-25)26-13-16-32(39-22-23-7-14-28(36)19-23)29(20-26)27-12-15-30-31(21-27)35(4,5)18-17-34(30,2)3/h8-13,15-16,20-21,23,28,36H,6-7,14,17-19,22H2,1-5H3. The Hall–Kier alpha value is -3.11. The van der Waals surface area contributed by atoms with E-state index in [4.69, 9.17) is 9.47 Å². The van der Waals surface area contributed by atoms with Crippen LogP contribution in [0.15, 0.2) is 60.7 Å². The van der Waals surface area contributed by atoms with E-state index in [9.17, 15) is 9.90 Å². The SMILES string of the molecule is CCOC(=O)c1ccc(-c2ccc(OCC3CCC(O)C3)c(-c3ccc4c(c3)C(C)(C)CCC4(C)C)c2)cc1. The zero-order valence-corrected chi connectivity index (χ0v) is 24.0. The van der Waals surface area contributed by atoms with Crippen molar-refractivity contribution in [2.45, 2.75) is 83.7 Å². The predicted molar refractivity (Wildman–Crippen MR) is 157 cm³/mol. The third-order valence-electron chi connectivity index (χ3n) is 8.86. The minimum atomic E-state index is -0.301. The Morgan fingerprint density at radius 1 is 0.846 bits per heavy atom. The van der Waals surface area contributed by atoms with Crippen molar-refractivity contribution in [1.29, 1.82) is 0 Å². The molecule has 0 heterocycles. The molecule has 1 fully saturated rings. The number of benzene rings is 3. The first kappa shape index (κ1) is 27.5. The molecule has 0 aliphatic heterocycles. The molecule has 0 spiro atoms. The van der Waals surface area contributed by atoms with Crippen LogP contribution in [-0.4, -0.2) is 30.4 Å². The first-order chi connectivity index (χ1) is 18.6. The monoisotopic (exact) mass is 526 g/mol. The van der Waals surface area contributed by atoms with Crippen molar-refractivity contribution in [3.05, 3.63) is 77.4 Å². The Morgan fingerprint density at radius 3 is 2.18 bits per heavy atom. The number of aliphatic hydroxyl groups is 1. The van der Waals surface area contributed by atoms with Crippen LogP contribution in [0.25, 0.3) is 22.3 Å². The highest BCUT2D eigenvalue weighted by Crippen LogP contribution is 2.47. The molecule has 2 atom stereocenters. The lowest BCUT2D eigenvalue weighted by Gasteiger charge is -2.42. The topological polar surface area (TPSA) is 55.8 Å². The van der Waals surface area contributed by atoms with Crippen LogP contribution >= 0.6 is 0 Å². The largest absolute Gasteiger partial charge is 0.493 e. The van der Waals surface area contributed by atoms with Crippen LogP contribution in [0.5, 0.6) is 5.75 Å². The fraction of sp³-hybridized carbons (Fsp3) is 0.457. The van der Waals surface area contributed by atoms with Gasteiger partial charge in [-0.2, -0.15) is 0 Å². The van der Waals surface area contributed by atoms with Crippen molar-refractivity contribution in [2.75, 3.05) is 13.2 Å². The highest BCUT2D eigenvalue weighted by atomic mass is 16.5. The molecular formula is C35H42O4. The minimum absolute atomic E-state index is 0.114. The molecule has 3 aromatic carbocycles. The maximum absolute atomic E-state index is 12.1. The number of aliphatic hydroxyl groups excluding tert-OH is 1. The van der Waals surface area contributed by atoms with Gasteiger partial charge in [-0.05, 0) is 108 Å². The summed E-state index contributed by atoms with van der Waals surface area (Å²) >= 11 is 0. The molecule has 4 nitrogen and oxygen atoms in total. The lowest BCUT2D eigenvalue weighted by molar-refractivity contribution is 0.0526. The van der Waals surface area contributed by atoms with Crippen molar-refractivity contribution >= 4 is 5.97 Å². The molecular weight excluding hydrogens is 484 g/mol. The lowest BCUT2D eigenvalue weighted by atomic mass is 9.63. The van der Waals surface area contributed by atoms with Crippen LogP contribution in [0.2, 0.25) is 0 Å². The van der Waals surface area contributed by atoms with E-state index in [1.807, 2.05) is 31.2 Å². The van der Waals surface area contributed by atoms with E-state index in [2.05, 4.69) is 64.1 Å². The van der Waals surface area contributed by atoms with E-state index in [1.54, 1.807) is 0 Å². The van der Waals surface area contributed by atoms with Gasteiger partial charge in [-0.25, -0.2) is 4.79 Å². The predicted octanol–water partition coefficient (Wildman–Crippen LogP) is 8.09. The van der Waals surface area contributed by atoms with Crippen molar-refractivity contribution in [3.8, 4) is 28.0 Å². The number of esters is 1. The van der Waals surface area contributed by atoms with Crippen LogP contribution < -0.4 is 4.74 Å². The van der Waals surface area contributed by atoms with Gasteiger partial charge in [-0.1, -0.05) is 64.1 Å². The third kappa shape index (κ3) is 5.77. The average molecular weight is 527 g/mol. The van der Waals surface area contributed by atoms with Gasteiger partial charge < -0.3 is 14.6 Å². The zero-order valence-electron chi connectivity index (χ0n) is 24.0. The second-order valence-electron chi connectivity index (χ2n) is 12.7. The summed E-state index contributed by atoms with van der Waals surface area (Å²) in [6.45, 7) is 12.2. The Bertz CT molecular complexity index is 1340. The molecule has 39 heavy (non-hydrogen) atoms. The van der Waals surface area contributed by atoms with E-state index < -0.39 is 0 Å². The summed E-state index contributed by atoms with van der Waals surface area (Å²) in [4.78, 5) is 12.1. The molecule has 2 aliphatic carbocycles. The molecule has 1 N–H and O–H groups in total. The molecule has 4 heteroatoms. The molecule has 0 amide bonds. The Morgan fingerprint density at radius 2 is 1.51 bits per heavy atom. The van der Waals surface area contributed by atoms with E-state index in [0.29, 0.717) is 24.7 Å². The quantitative estimate of drug-likeness (QED) is 0.316. The maximum atomic E-state index is 12.1. The van der Waals surface area contributed by atoms with Gasteiger partial charge in [0.1, 0.15) is 5.75 Å². The van der Waals surface area contributed by atoms with Crippen LogP contribution in [0.3, 0.4) is 0 Å². The first-order valence-corrected chi connectivity index (χ1v) is 14.5. The van der Waals surface area contributed by atoms with Crippen molar-refractivity contribution in [1.82, 2.24) is 0 Å². The molecule has 0 aromatic heterocycles. The maximum Gasteiger partial charge on any atom is 0.338 e. The number of carbonyl (C=O) groups is 1. The third-order valence-corrected chi connectivity index (χ3v) is 8.86. The second-order valence-corrected chi connectivity index (χ2v) is 12.7. The van der Waals surface area contributed by atoms with Crippen LogP contribution in [-0.2, 0) is 15.6 Å². The van der Waals surface area contributed by atoms with E-state index in [1.165, 1.54) is 17.5 Å². The smallest absolute Gasteiger partial charge is 0.338 e. The minimum Gasteiger partial charge on any atom is -0.493 e. The molecule has 3 aromatic rings. The van der Waals surface area contributed by atoms with Gasteiger partial charge in [0.05, 0.1) is 24.9 Å². The zero-order chi connectivity index (χ0) is 27.8. The molecule has 1 saturated carbocycles. The molecule has 206 valence electrons. The number of fused-ring (bicyclic) bond motifs is 1. The molecule has 2 aliphatic rings. The molecule has 2 unspecified atom stereocenters. The van der Waals surface area contributed by atoms with Crippen molar-refractivity contribution < 1.29 is 19.4 Å². The van der Waals surface area contributed by atoms with Crippen molar-refractivity contribution in [2.24, 2.45) is 5.92 Å². The van der Waals surface area contributed by atoms with Gasteiger partial charge in [-0.15, -0.1) is 0 Å². The number of carbonyl (C=O) groups excluding carboxylic acids is 1. The van der Waals surface area contributed by atoms with E-state index >= 15 is 0 Å². The Labute approximate surface area is 233 Å². The lowest BCUT2D eigenvalue weighted by Crippen LogP contribution is -2.33. The summed E-state index contributed by atoms with van der Waals surface area (Å²) in [5.74, 6) is 0.951. The van der Waals surface area contributed by atoms with Crippen LogP contribution in [0.4, 0.5) is 0 Å². The molecule has 0 saturated heterocycles. The molecule has 0 radical (unpaired) electrons. The highest BCUT2D eigenvalue weighted by Gasteiger charge is 2.37. The highest BCUT2D eigenvalue weighted by molar-refractivity contribution is 5.90. The molecule has 5 rings (SSSR count). The number of ether oxygens (including phenoxy) is 2. The van der Waals surface area contributed by atoms with Crippen molar-refractivity contribution in [3.63, 3.8) is 0 Å². The van der Waals surface area contributed by atoms with Gasteiger partial charge in [0.25, 0.3) is 0 Å².